The summed E-state index contributed by atoms with van der Waals surface area (Å²) in [5, 5.41) is 14.5. The molecule has 4 heteroatoms. The van der Waals surface area contributed by atoms with E-state index in [-0.39, 0.29) is 22.6 Å². The van der Waals surface area contributed by atoms with Gasteiger partial charge in [-0.25, -0.2) is 0 Å². The Morgan fingerprint density at radius 2 is 2.06 bits per heavy atom. The molecular weight excluding hydrogens is 228 g/mol. The van der Waals surface area contributed by atoms with Gasteiger partial charge in [-0.1, -0.05) is 32.9 Å². The smallest absolute Gasteiger partial charge is 0.273 e. The Kier molecular flexibility index (Phi) is 5.28. The van der Waals surface area contributed by atoms with Crippen molar-refractivity contribution in [3.05, 3.63) is 39.4 Å². The second-order valence-corrected chi connectivity index (χ2v) is 4.63. The molecule has 0 saturated heterocycles. The summed E-state index contributed by atoms with van der Waals surface area (Å²) in [7, 11) is 0. The van der Waals surface area contributed by atoms with Crippen molar-refractivity contribution in [1.29, 1.82) is 0 Å². The molecule has 1 aromatic carbocycles. The lowest BCUT2D eigenvalue weighted by atomic mass is 9.87. The van der Waals surface area contributed by atoms with Crippen LogP contribution < -0.4 is 5.32 Å². The summed E-state index contributed by atoms with van der Waals surface area (Å²) >= 11 is 0. The van der Waals surface area contributed by atoms with Crippen molar-refractivity contribution in [2.24, 2.45) is 0 Å². The van der Waals surface area contributed by atoms with Crippen LogP contribution in [-0.2, 0) is 0 Å². The maximum Gasteiger partial charge on any atom is 0.273 e. The van der Waals surface area contributed by atoms with E-state index in [1.807, 2.05) is 13.0 Å². The van der Waals surface area contributed by atoms with Crippen LogP contribution in [0.3, 0.4) is 0 Å². The molecule has 1 aromatic rings. The molecule has 4 nitrogen and oxygen atoms in total. The molecule has 100 valence electrons. The third-order valence-electron chi connectivity index (χ3n) is 3.46. The van der Waals surface area contributed by atoms with Crippen LogP contribution in [0.1, 0.15) is 44.2 Å². The lowest BCUT2D eigenvalue weighted by Gasteiger charge is -2.25. The molecule has 0 aliphatic carbocycles. The number of nitro benzene ring substituents is 1. The molecule has 0 bridgehead atoms. The zero-order chi connectivity index (χ0) is 13.7. The number of hydrogen-bond acceptors (Lipinski definition) is 3. The highest BCUT2D eigenvalue weighted by Gasteiger charge is 2.25. The van der Waals surface area contributed by atoms with Crippen molar-refractivity contribution in [3.63, 3.8) is 0 Å². The van der Waals surface area contributed by atoms with Crippen molar-refractivity contribution in [2.45, 2.75) is 46.1 Å². The van der Waals surface area contributed by atoms with Crippen LogP contribution in [0.4, 0.5) is 5.69 Å². The Morgan fingerprint density at radius 3 is 2.56 bits per heavy atom. The van der Waals surface area contributed by atoms with Gasteiger partial charge in [0.25, 0.3) is 5.69 Å². The van der Waals surface area contributed by atoms with E-state index < -0.39 is 0 Å². The highest BCUT2D eigenvalue weighted by atomic mass is 16.6. The highest BCUT2D eigenvalue weighted by Crippen LogP contribution is 2.32. The summed E-state index contributed by atoms with van der Waals surface area (Å²) in [5.41, 5.74) is 2.09. The van der Waals surface area contributed by atoms with Gasteiger partial charge in [0.2, 0.25) is 0 Å². The fourth-order valence-corrected chi connectivity index (χ4v) is 2.55. The molecule has 1 rings (SSSR count). The van der Waals surface area contributed by atoms with Crippen molar-refractivity contribution in [1.82, 2.24) is 5.32 Å². The van der Waals surface area contributed by atoms with E-state index in [0.29, 0.717) is 0 Å². The van der Waals surface area contributed by atoms with Crippen LogP contribution in [-0.4, -0.2) is 17.5 Å². The van der Waals surface area contributed by atoms with Crippen LogP contribution in [0.15, 0.2) is 18.2 Å². The number of likely N-dealkylation sites (N-methyl/N-ethyl adjacent to an activating group) is 1. The summed E-state index contributed by atoms with van der Waals surface area (Å²) in [6.07, 6.45) is 0.959. The van der Waals surface area contributed by atoms with Gasteiger partial charge in [0, 0.05) is 23.6 Å². The number of hydrogen-bond donors (Lipinski definition) is 1. The molecule has 0 spiro atoms. The molecule has 0 amide bonds. The second-order valence-electron chi connectivity index (χ2n) is 4.63. The van der Waals surface area contributed by atoms with Gasteiger partial charge in [-0.05, 0) is 25.5 Å². The summed E-state index contributed by atoms with van der Waals surface area (Å²) in [4.78, 5) is 10.9. The topological polar surface area (TPSA) is 55.2 Å². The van der Waals surface area contributed by atoms with Gasteiger partial charge in [-0.15, -0.1) is 0 Å². The van der Waals surface area contributed by atoms with Crippen molar-refractivity contribution < 1.29 is 4.92 Å². The third-order valence-corrected chi connectivity index (χ3v) is 3.46. The Bertz CT molecular complexity index is 418. The van der Waals surface area contributed by atoms with Gasteiger partial charge >= 0.3 is 0 Å². The maximum atomic E-state index is 11.1. The van der Waals surface area contributed by atoms with Crippen molar-refractivity contribution >= 4 is 5.69 Å². The monoisotopic (exact) mass is 250 g/mol. The largest absolute Gasteiger partial charge is 0.314 e. The minimum atomic E-state index is -0.280. The molecule has 0 aromatic heterocycles. The van der Waals surface area contributed by atoms with E-state index in [0.717, 1.165) is 24.1 Å². The van der Waals surface area contributed by atoms with Crippen LogP contribution >= 0.6 is 0 Å². The van der Waals surface area contributed by atoms with E-state index in [4.69, 9.17) is 0 Å². The Hall–Kier alpha value is -1.42. The number of nitro groups is 1. The molecule has 18 heavy (non-hydrogen) atoms. The molecule has 1 N–H and O–H groups in total. The predicted octanol–water partition coefficient (Wildman–Crippen LogP) is 3.39. The number of nitrogens with one attached hydrogen (secondary N) is 1. The zero-order valence-electron chi connectivity index (χ0n) is 11.6. The average Bonchev–Trinajstić information content (AvgIpc) is 2.34. The average molecular weight is 250 g/mol. The standard InChI is InChI=1S/C14H22N2O2/c1-5-12(15-6-2)11(4)14-10(3)8-7-9-13(14)16(17)18/h7-9,11-12,15H,5-6H2,1-4H3. The van der Waals surface area contributed by atoms with Crippen molar-refractivity contribution in [2.75, 3.05) is 6.54 Å². The summed E-state index contributed by atoms with van der Waals surface area (Å²) < 4.78 is 0. The van der Waals surface area contributed by atoms with Crippen molar-refractivity contribution in [3.8, 4) is 0 Å². The molecule has 0 aliphatic heterocycles. The van der Waals surface area contributed by atoms with Gasteiger partial charge in [0.15, 0.2) is 0 Å². The number of nitrogens with zero attached hydrogens (tertiary/aromatic N) is 1. The van der Waals surface area contributed by atoms with Crippen LogP contribution in [0, 0.1) is 17.0 Å². The Labute approximate surface area is 109 Å². The summed E-state index contributed by atoms with van der Waals surface area (Å²) in [6.45, 7) is 9.04. The minimum absolute atomic E-state index is 0.136. The number of aryl methyl sites for hydroxylation is 1. The molecule has 0 saturated carbocycles. The first kappa shape index (κ1) is 14.6. The first-order chi connectivity index (χ1) is 8.52. The Morgan fingerprint density at radius 1 is 1.39 bits per heavy atom. The van der Waals surface area contributed by atoms with E-state index in [2.05, 4.69) is 26.1 Å². The van der Waals surface area contributed by atoms with E-state index in [9.17, 15) is 10.1 Å². The summed E-state index contributed by atoms with van der Waals surface area (Å²) in [6, 6.07) is 5.56. The molecule has 0 fully saturated rings. The Balaban J connectivity index is 3.17. The fraction of sp³-hybridized carbons (Fsp3) is 0.571. The minimum Gasteiger partial charge on any atom is -0.314 e. The lowest BCUT2D eigenvalue weighted by Crippen LogP contribution is -2.33. The number of rotatable bonds is 6. The molecule has 2 unspecified atom stereocenters. The van der Waals surface area contributed by atoms with Gasteiger partial charge in [-0.2, -0.15) is 0 Å². The third kappa shape index (κ3) is 3.07. The first-order valence-electron chi connectivity index (χ1n) is 6.50. The number of benzene rings is 1. The SMILES string of the molecule is CCNC(CC)C(C)c1c(C)cccc1[N+](=O)[O-]. The van der Waals surface area contributed by atoms with E-state index in [1.54, 1.807) is 12.1 Å². The molecular formula is C14H22N2O2. The van der Waals surface area contributed by atoms with Gasteiger partial charge in [0.05, 0.1) is 4.92 Å². The predicted molar refractivity (Wildman–Crippen MR) is 74.0 cm³/mol. The second kappa shape index (κ2) is 6.50. The van der Waals surface area contributed by atoms with Crippen LogP contribution in [0.5, 0.6) is 0 Å². The van der Waals surface area contributed by atoms with Gasteiger partial charge in [-0.3, -0.25) is 10.1 Å². The molecule has 2 atom stereocenters. The zero-order valence-corrected chi connectivity index (χ0v) is 11.6. The van der Waals surface area contributed by atoms with Crippen LogP contribution in [0.2, 0.25) is 0 Å². The normalized spacial score (nSPS) is 14.2. The highest BCUT2D eigenvalue weighted by molar-refractivity contribution is 5.47. The maximum absolute atomic E-state index is 11.1. The molecule has 0 heterocycles. The van der Waals surface area contributed by atoms with Gasteiger partial charge < -0.3 is 5.32 Å². The fourth-order valence-electron chi connectivity index (χ4n) is 2.55. The molecule has 0 radical (unpaired) electrons. The quantitative estimate of drug-likeness (QED) is 0.622. The summed E-state index contributed by atoms with van der Waals surface area (Å²) in [5.74, 6) is 0.136. The van der Waals surface area contributed by atoms with Crippen LogP contribution in [0.25, 0.3) is 0 Å². The van der Waals surface area contributed by atoms with E-state index in [1.165, 1.54) is 0 Å². The van der Waals surface area contributed by atoms with E-state index >= 15 is 0 Å². The lowest BCUT2D eigenvalue weighted by molar-refractivity contribution is -0.385. The first-order valence-corrected chi connectivity index (χ1v) is 6.50. The van der Waals surface area contributed by atoms with Gasteiger partial charge in [0.1, 0.15) is 0 Å². The molecule has 0 aliphatic rings.